The zero-order valence-corrected chi connectivity index (χ0v) is 15.3. The zero-order valence-electron chi connectivity index (χ0n) is 13.7. The second kappa shape index (κ2) is 8.36. The van der Waals surface area contributed by atoms with Gasteiger partial charge in [0.25, 0.3) is 0 Å². The van der Waals surface area contributed by atoms with Gasteiger partial charge in [-0.2, -0.15) is 0 Å². The maximum atomic E-state index is 12.3. The van der Waals surface area contributed by atoms with E-state index in [2.05, 4.69) is 22.4 Å². The smallest absolute Gasteiger partial charge is 0.235 e. The van der Waals surface area contributed by atoms with Crippen LogP contribution in [0.3, 0.4) is 0 Å². The molecule has 0 bridgehead atoms. The summed E-state index contributed by atoms with van der Waals surface area (Å²) < 4.78 is 12.3. The summed E-state index contributed by atoms with van der Waals surface area (Å²) in [5, 5.41) is 5.10. The van der Waals surface area contributed by atoms with E-state index in [-0.39, 0.29) is 5.91 Å². The molecule has 0 aliphatic heterocycles. The number of thiazole rings is 1. The minimum atomic E-state index is -1.26. The predicted octanol–water partition coefficient (Wildman–Crippen LogP) is 3.28. The molecule has 0 aliphatic rings. The van der Waals surface area contributed by atoms with Crippen LogP contribution in [-0.2, 0) is 21.3 Å². The zero-order chi connectivity index (χ0) is 16.8. The summed E-state index contributed by atoms with van der Waals surface area (Å²) in [5.41, 5.74) is 3.05. The lowest BCUT2D eigenvalue weighted by atomic mass is 10.2. The third kappa shape index (κ3) is 4.97. The van der Waals surface area contributed by atoms with Crippen LogP contribution in [0.25, 0.3) is 10.6 Å². The first-order valence-corrected chi connectivity index (χ1v) is 9.93. The maximum absolute atomic E-state index is 12.3. The van der Waals surface area contributed by atoms with Crippen molar-refractivity contribution in [3.8, 4) is 10.6 Å². The number of nitrogens with zero attached hydrogens (tertiary/aromatic N) is 1. The quantitative estimate of drug-likeness (QED) is 0.834. The van der Waals surface area contributed by atoms with E-state index in [4.69, 9.17) is 0 Å². The first-order chi connectivity index (χ1) is 11.0. The Labute approximate surface area is 143 Å². The van der Waals surface area contributed by atoms with Gasteiger partial charge in [-0.15, -0.1) is 11.3 Å². The van der Waals surface area contributed by atoms with Gasteiger partial charge in [-0.25, -0.2) is 4.98 Å². The van der Waals surface area contributed by atoms with E-state index in [1.807, 2.05) is 31.4 Å². The third-order valence-electron chi connectivity index (χ3n) is 3.45. The van der Waals surface area contributed by atoms with E-state index in [1.54, 1.807) is 6.92 Å². The minimum Gasteiger partial charge on any atom is -0.355 e. The molecular formula is C17H22N2O2S2. The number of rotatable bonds is 7. The van der Waals surface area contributed by atoms with Gasteiger partial charge in [0.05, 0.1) is 11.4 Å². The van der Waals surface area contributed by atoms with Crippen molar-refractivity contribution < 1.29 is 9.00 Å². The second-order valence-electron chi connectivity index (χ2n) is 5.47. The second-order valence-corrected chi connectivity index (χ2v) is 8.08. The lowest BCUT2D eigenvalue weighted by Crippen LogP contribution is -2.36. The molecule has 1 aromatic carbocycles. The van der Waals surface area contributed by atoms with Crippen LogP contribution in [0.1, 0.15) is 31.5 Å². The fourth-order valence-corrected chi connectivity index (χ4v) is 3.93. The van der Waals surface area contributed by atoms with Crippen LogP contribution in [-0.4, -0.2) is 26.9 Å². The maximum Gasteiger partial charge on any atom is 0.235 e. The van der Waals surface area contributed by atoms with E-state index in [1.165, 1.54) is 16.9 Å². The van der Waals surface area contributed by atoms with Crippen molar-refractivity contribution in [2.24, 2.45) is 0 Å². The molecule has 2 aromatic rings. The van der Waals surface area contributed by atoms with Gasteiger partial charge in [-0.05, 0) is 20.3 Å². The van der Waals surface area contributed by atoms with Gasteiger partial charge in [0.1, 0.15) is 10.3 Å². The fraction of sp³-hybridized carbons (Fsp3) is 0.412. The number of amides is 1. The number of aryl methyl sites for hydroxylation is 1. The summed E-state index contributed by atoms with van der Waals surface area (Å²) in [6.07, 6.45) is 0.872. The van der Waals surface area contributed by atoms with E-state index >= 15 is 0 Å². The van der Waals surface area contributed by atoms with Crippen LogP contribution >= 0.6 is 11.3 Å². The molecule has 6 heteroatoms. The molecule has 4 nitrogen and oxygen atoms in total. The van der Waals surface area contributed by atoms with Crippen LogP contribution in [0.15, 0.2) is 29.6 Å². The number of nitrogens with one attached hydrogen (secondary N) is 1. The molecule has 2 atom stereocenters. The Morgan fingerprint density at radius 2 is 2.04 bits per heavy atom. The minimum absolute atomic E-state index is 0.154. The topological polar surface area (TPSA) is 59.1 Å². The molecule has 1 N–H and O–H groups in total. The largest absolute Gasteiger partial charge is 0.355 e. The van der Waals surface area contributed by atoms with Crippen LogP contribution in [0, 0.1) is 6.92 Å². The van der Waals surface area contributed by atoms with Gasteiger partial charge in [0, 0.05) is 28.3 Å². The standard InChI is InChI=1S/C17H22N2O2S2/c1-4-9-18-16(20)13(3)23(21)11-15-10-22-17(19-15)14-7-5-12(2)6-8-14/h5-8,10,13H,4,9,11H2,1-3H3,(H,18,20). The van der Waals surface area contributed by atoms with Gasteiger partial charge in [-0.1, -0.05) is 36.8 Å². The number of hydrogen-bond acceptors (Lipinski definition) is 4. The van der Waals surface area contributed by atoms with E-state index < -0.39 is 16.0 Å². The van der Waals surface area contributed by atoms with Gasteiger partial charge in [-0.3, -0.25) is 9.00 Å². The van der Waals surface area contributed by atoms with Crippen molar-refractivity contribution in [1.29, 1.82) is 0 Å². The molecule has 0 saturated carbocycles. The molecule has 23 heavy (non-hydrogen) atoms. The van der Waals surface area contributed by atoms with Gasteiger partial charge < -0.3 is 5.32 Å². The van der Waals surface area contributed by atoms with Crippen molar-refractivity contribution in [2.45, 2.75) is 38.2 Å². The number of hydrogen-bond donors (Lipinski definition) is 1. The van der Waals surface area contributed by atoms with Gasteiger partial charge in [0.15, 0.2) is 0 Å². The summed E-state index contributed by atoms with van der Waals surface area (Å²) in [6, 6.07) is 8.18. The average molecular weight is 351 g/mol. The molecule has 1 aromatic heterocycles. The first kappa shape index (κ1) is 17.8. The molecule has 0 spiro atoms. The lowest BCUT2D eigenvalue weighted by Gasteiger charge is -2.10. The molecule has 1 heterocycles. The molecule has 0 aliphatic carbocycles. The van der Waals surface area contributed by atoms with Crippen LogP contribution in [0.2, 0.25) is 0 Å². The Balaban J connectivity index is 1.99. The molecule has 1 amide bonds. The highest BCUT2D eigenvalue weighted by molar-refractivity contribution is 7.85. The van der Waals surface area contributed by atoms with Crippen LogP contribution in [0.4, 0.5) is 0 Å². The number of carbonyl (C=O) groups excluding carboxylic acids is 1. The van der Waals surface area contributed by atoms with Crippen molar-refractivity contribution in [3.05, 3.63) is 40.9 Å². The third-order valence-corrected chi connectivity index (χ3v) is 5.98. The van der Waals surface area contributed by atoms with Crippen molar-refractivity contribution in [1.82, 2.24) is 10.3 Å². The summed E-state index contributed by atoms with van der Waals surface area (Å²) in [5.74, 6) is 0.155. The molecule has 2 unspecified atom stereocenters. The number of carbonyl (C=O) groups is 1. The Bertz CT molecular complexity index is 680. The van der Waals surface area contributed by atoms with Gasteiger partial charge >= 0.3 is 0 Å². The highest BCUT2D eigenvalue weighted by Crippen LogP contribution is 2.24. The molecular weight excluding hydrogens is 328 g/mol. The lowest BCUT2D eigenvalue weighted by molar-refractivity contribution is -0.120. The Morgan fingerprint density at radius 1 is 1.35 bits per heavy atom. The summed E-state index contributed by atoms with van der Waals surface area (Å²) in [6.45, 7) is 6.36. The van der Waals surface area contributed by atoms with Crippen molar-refractivity contribution in [2.75, 3.05) is 6.54 Å². The molecule has 0 radical (unpaired) electrons. The van der Waals surface area contributed by atoms with Crippen LogP contribution < -0.4 is 5.32 Å². The Morgan fingerprint density at radius 3 is 2.70 bits per heavy atom. The fourth-order valence-electron chi connectivity index (χ4n) is 1.98. The normalized spacial score (nSPS) is 13.5. The van der Waals surface area contributed by atoms with Crippen LogP contribution in [0.5, 0.6) is 0 Å². The highest BCUT2D eigenvalue weighted by Gasteiger charge is 2.20. The monoisotopic (exact) mass is 350 g/mol. The predicted molar refractivity (Wildman–Crippen MR) is 96.9 cm³/mol. The SMILES string of the molecule is CCCNC(=O)C(C)S(=O)Cc1csc(-c2ccc(C)cc2)n1. The molecule has 2 rings (SSSR count). The van der Waals surface area contributed by atoms with E-state index in [9.17, 15) is 9.00 Å². The average Bonchev–Trinajstić information content (AvgIpc) is 3.00. The van der Waals surface area contributed by atoms with Crippen molar-refractivity contribution >= 4 is 28.0 Å². The van der Waals surface area contributed by atoms with E-state index in [0.717, 1.165) is 22.7 Å². The Hall–Kier alpha value is -1.53. The number of aromatic nitrogens is 1. The Kier molecular flexibility index (Phi) is 6.47. The highest BCUT2D eigenvalue weighted by atomic mass is 32.2. The molecule has 0 saturated heterocycles. The summed E-state index contributed by atoms with van der Waals surface area (Å²) in [4.78, 5) is 16.4. The molecule has 124 valence electrons. The first-order valence-electron chi connectivity index (χ1n) is 7.67. The summed E-state index contributed by atoms with van der Waals surface area (Å²) >= 11 is 1.54. The van der Waals surface area contributed by atoms with Gasteiger partial charge in [0.2, 0.25) is 5.91 Å². The van der Waals surface area contributed by atoms with Crippen molar-refractivity contribution in [3.63, 3.8) is 0 Å². The van der Waals surface area contributed by atoms with E-state index in [0.29, 0.717) is 12.3 Å². The number of benzene rings is 1. The molecule has 0 fully saturated rings. The summed E-state index contributed by atoms with van der Waals surface area (Å²) in [7, 11) is -1.26.